The van der Waals surface area contributed by atoms with E-state index in [0.29, 0.717) is 6.42 Å². The molecule has 1 aliphatic carbocycles. The highest BCUT2D eigenvalue weighted by Crippen LogP contribution is 2.45. The van der Waals surface area contributed by atoms with Crippen molar-refractivity contribution in [2.24, 2.45) is 5.41 Å². The first kappa shape index (κ1) is 20.8. The third-order valence-electron chi connectivity index (χ3n) is 6.10. The average molecular weight is 420 g/mol. The molecule has 1 amide bonds. The summed E-state index contributed by atoms with van der Waals surface area (Å²) in [6.45, 7) is 4.30. The van der Waals surface area contributed by atoms with Gasteiger partial charge in [0.2, 0.25) is 0 Å². The van der Waals surface area contributed by atoms with E-state index >= 15 is 0 Å². The van der Waals surface area contributed by atoms with Gasteiger partial charge in [-0.3, -0.25) is 0 Å². The minimum Gasteiger partial charge on any atom is -0.441 e. The van der Waals surface area contributed by atoms with Crippen LogP contribution in [0.15, 0.2) is 66.4 Å². The maximum atomic E-state index is 13.3. The van der Waals surface area contributed by atoms with Gasteiger partial charge in [-0.1, -0.05) is 42.8 Å². The van der Waals surface area contributed by atoms with Gasteiger partial charge < -0.3 is 10.1 Å². The molecule has 0 radical (unpaired) electrons. The Morgan fingerprint density at radius 2 is 1.94 bits per heavy atom. The fourth-order valence-corrected chi connectivity index (χ4v) is 4.13. The summed E-state index contributed by atoms with van der Waals surface area (Å²) in [5.41, 5.74) is 4.88. The first-order valence-corrected chi connectivity index (χ1v) is 10.3. The van der Waals surface area contributed by atoms with Crippen molar-refractivity contribution in [3.63, 3.8) is 0 Å². The van der Waals surface area contributed by atoms with Crippen LogP contribution in [0, 0.1) is 11.2 Å². The zero-order chi connectivity index (χ0) is 22.0. The van der Waals surface area contributed by atoms with Crippen molar-refractivity contribution < 1.29 is 13.9 Å². The van der Waals surface area contributed by atoms with Gasteiger partial charge in [-0.05, 0) is 66.6 Å². The molecule has 0 aliphatic heterocycles. The van der Waals surface area contributed by atoms with E-state index in [4.69, 9.17) is 4.74 Å². The topological polar surface area (TPSA) is 56.1 Å². The Labute approximate surface area is 181 Å². The molecule has 0 saturated carbocycles. The zero-order valence-corrected chi connectivity index (χ0v) is 17.9. The van der Waals surface area contributed by atoms with E-state index in [2.05, 4.69) is 30.3 Å². The Morgan fingerprint density at radius 1 is 1.23 bits per heavy atom. The fraction of sp³-hybridized carbons (Fsp3) is 0.280. The molecule has 1 aromatic heterocycles. The quantitative estimate of drug-likeness (QED) is 0.597. The molecule has 3 aromatic rings. The second kappa shape index (κ2) is 8.38. The Morgan fingerprint density at radius 3 is 2.61 bits per heavy atom. The minimum absolute atomic E-state index is 0.210. The summed E-state index contributed by atoms with van der Waals surface area (Å²) in [4.78, 5) is 12.0. The van der Waals surface area contributed by atoms with Crippen molar-refractivity contribution in [1.82, 2.24) is 15.1 Å². The van der Waals surface area contributed by atoms with Gasteiger partial charge in [0.15, 0.2) is 0 Å². The molecule has 31 heavy (non-hydrogen) atoms. The van der Waals surface area contributed by atoms with E-state index in [1.165, 1.54) is 17.7 Å². The number of hydrogen-bond acceptors (Lipinski definition) is 3. The summed E-state index contributed by atoms with van der Waals surface area (Å²) in [6.07, 6.45) is 4.61. The van der Waals surface area contributed by atoms with Crippen LogP contribution in [-0.2, 0) is 11.2 Å². The lowest BCUT2D eigenvalue weighted by Gasteiger charge is -2.37. The SMILES string of the molecule is CNC(=O)OC(C[C@@]1(C)Cc2cnn(-c3ccc(F)cc3)c2C=C1C)c1ccccc1. The van der Waals surface area contributed by atoms with Crippen molar-refractivity contribution in [2.45, 2.75) is 32.8 Å². The van der Waals surface area contributed by atoms with Crippen LogP contribution in [0.1, 0.15) is 43.2 Å². The largest absolute Gasteiger partial charge is 0.441 e. The van der Waals surface area contributed by atoms with E-state index in [1.807, 2.05) is 41.2 Å². The summed E-state index contributed by atoms with van der Waals surface area (Å²) in [5.74, 6) is -0.271. The predicted octanol–water partition coefficient (Wildman–Crippen LogP) is 5.46. The van der Waals surface area contributed by atoms with E-state index in [0.717, 1.165) is 28.9 Å². The van der Waals surface area contributed by atoms with Gasteiger partial charge in [0.25, 0.3) is 0 Å². The number of halogens is 1. The number of ether oxygens (including phenoxy) is 1. The Bertz CT molecular complexity index is 1110. The standard InChI is InChI=1S/C25H26FN3O2/c1-17-13-22-19(16-28-29(22)21-11-9-20(26)10-12-21)14-25(17,2)15-23(31-24(30)27-3)18-7-5-4-6-8-18/h4-13,16,23H,14-15H2,1-3H3,(H,27,30)/t23?,25-/m1/s1. The molecule has 1 aliphatic rings. The molecule has 0 fully saturated rings. The molecule has 1 heterocycles. The smallest absolute Gasteiger partial charge is 0.407 e. The van der Waals surface area contributed by atoms with Gasteiger partial charge in [-0.2, -0.15) is 5.10 Å². The molecule has 4 rings (SSSR count). The summed E-state index contributed by atoms with van der Waals surface area (Å²) in [5, 5.41) is 7.10. The van der Waals surface area contributed by atoms with Crippen LogP contribution >= 0.6 is 0 Å². The zero-order valence-electron chi connectivity index (χ0n) is 17.9. The fourth-order valence-electron chi connectivity index (χ4n) is 4.13. The molecule has 2 aromatic carbocycles. The summed E-state index contributed by atoms with van der Waals surface area (Å²) in [7, 11) is 1.56. The third kappa shape index (κ3) is 4.24. The molecule has 1 unspecified atom stereocenters. The number of benzene rings is 2. The molecule has 5 nitrogen and oxygen atoms in total. The number of carbonyl (C=O) groups excluding carboxylic acids is 1. The van der Waals surface area contributed by atoms with Crippen LogP contribution in [0.2, 0.25) is 0 Å². The molecule has 6 heteroatoms. The number of carbonyl (C=O) groups is 1. The number of hydrogen-bond donors (Lipinski definition) is 1. The second-order valence-corrected chi connectivity index (χ2v) is 8.27. The normalized spacial score (nSPS) is 18.6. The highest BCUT2D eigenvalue weighted by atomic mass is 19.1. The number of aromatic nitrogens is 2. The van der Waals surface area contributed by atoms with Crippen LogP contribution in [0.3, 0.4) is 0 Å². The summed E-state index contributed by atoms with van der Waals surface area (Å²) >= 11 is 0. The first-order valence-electron chi connectivity index (χ1n) is 10.3. The lowest BCUT2D eigenvalue weighted by Crippen LogP contribution is -2.30. The molecule has 0 saturated heterocycles. The maximum absolute atomic E-state index is 13.3. The average Bonchev–Trinajstić information content (AvgIpc) is 3.16. The van der Waals surface area contributed by atoms with E-state index in [9.17, 15) is 9.18 Å². The lowest BCUT2D eigenvalue weighted by atomic mass is 9.70. The molecular weight excluding hydrogens is 393 g/mol. The molecule has 1 N–H and O–H groups in total. The number of fused-ring (bicyclic) bond motifs is 1. The van der Waals surface area contributed by atoms with Gasteiger partial charge in [0.05, 0.1) is 17.6 Å². The van der Waals surface area contributed by atoms with Crippen molar-refractivity contribution in [2.75, 3.05) is 7.05 Å². The van der Waals surface area contributed by atoms with Gasteiger partial charge >= 0.3 is 6.09 Å². The Hall–Kier alpha value is -3.41. The highest BCUT2D eigenvalue weighted by molar-refractivity contribution is 5.67. The number of nitrogens with one attached hydrogen (secondary N) is 1. The van der Waals surface area contributed by atoms with Gasteiger partial charge in [0.1, 0.15) is 11.9 Å². The molecule has 2 atom stereocenters. The number of nitrogens with zero attached hydrogens (tertiary/aromatic N) is 2. The van der Waals surface area contributed by atoms with Crippen LogP contribution < -0.4 is 5.32 Å². The Balaban J connectivity index is 1.64. The van der Waals surface area contributed by atoms with Crippen LogP contribution in [0.25, 0.3) is 11.8 Å². The number of alkyl carbamates (subject to hydrolysis) is 1. The summed E-state index contributed by atoms with van der Waals surface area (Å²) in [6, 6.07) is 16.1. The van der Waals surface area contributed by atoms with Crippen LogP contribution in [-0.4, -0.2) is 22.9 Å². The van der Waals surface area contributed by atoms with Crippen molar-refractivity contribution in [3.05, 3.63) is 89.0 Å². The highest BCUT2D eigenvalue weighted by Gasteiger charge is 2.36. The second-order valence-electron chi connectivity index (χ2n) is 8.27. The van der Waals surface area contributed by atoms with E-state index in [-0.39, 0.29) is 17.3 Å². The number of amides is 1. The third-order valence-corrected chi connectivity index (χ3v) is 6.10. The molecule has 0 bridgehead atoms. The van der Waals surface area contributed by atoms with Gasteiger partial charge in [-0.15, -0.1) is 0 Å². The summed E-state index contributed by atoms with van der Waals surface area (Å²) < 4.78 is 20.9. The monoisotopic (exact) mass is 419 g/mol. The minimum atomic E-state index is -0.445. The Kier molecular flexibility index (Phi) is 5.63. The van der Waals surface area contributed by atoms with Crippen molar-refractivity contribution in [1.29, 1.82) is 0 Å². The van der Waals surface area contributed by atoms with Crippen molar-refractivity contribution in [3.8, 4) is 5.69 Å². The van der Waals surface area contributed by atoms with Crippen LogP contribution in [0.5, 0.6) is 0 Å². The number of allylic oxidation sites excluding steroid dienone is 1. The molecular formula is C25H26FN3O2. The predicted molar refractivity (Wildman–Crippen MR) is 118 cm³/mol. The van der Waals surface area contributed by atoms with Gasteiger partial charge in [0, 0.05) is 7.05 Å². The molecule has 0 spiro atoms. The van der Waals surface area contributed by atoms with Crippen molar-refractivity contribution >= 4 is 12.2 Å². The van der Waals surface area contributed by atoms with E-state index < -0.39 is 6.09 Å². The van der Waals surface area contributed by atoms with Crippen LogP contribution in [0.4, 0.5) is 9.18 Å². The lowest BCUT2D eigenvalue weighted by molar-refractivity contribution is 0.0726. The van der Waals surface area contributed by atoms with E-state index in [1.54, 1.807) is 19.2 Å². The maximum Gasteiger partial charge on any atom is 0.407 e. The molecule has 160 valence electrons. The first-order chi connectivity index (χ1) is 14.9. The number of rotatable bonds is 5. The van der Waals surface area contributed by atoms with Gasteiger partial charge in [-0.25, -0.2) is 13.9 Å².